The maximum absolute atomic E-state index is 14.3. The first kappa shape index (κ1) is 25.6. The highest BCUT2D eigenvalue weighted by Gasteiger charge is 2.18. The molecule has 2 aromatic carbocycles. The van der Waals surface area contributed by atoms with Crippen molar-refractivity contribution in [2.45, 2.75) is 19.5 Å². The van der Waals surface area contributed by atoms with Gasteiger partial charge in [0, 0.05) is 30.9 Å². The zero-order chi connectivity index (χ0) is 25.7. The third-order valence-electron chi connectivity index (χ3n) is 5.44. The summed E-state index contributed by atoms with van der Waals surface area (Å²) in [6.07, 6.45) is 3.22. The molecule has 9 nitrogen and oxygen atoms in total. The lowest BCUT2D eigenvalue weighted by atomic mass is 10.1. The van der Waals surface area contributed by atoms with Crippen molar-refractivity contribution in [3.05, 3.63) is 80.5 Å². The van der Waals surface area contributed by atoms with Gasteiger partial charge in [-0.1, -0.05) is 23.7 Å². The largest absolute Gasteiger partial charge is 0.497 e. The Hall–Kier alpha value is -3.47. The van der Waals surface area contributed by atoms with Crippen LogP contribution in [0.25, 0.3) is 10.9 Å². The summed E-state index contributed by atoms with van der Waals surface area (Å²) in [5, 5.41) is 6.30. The van der Waals surface area contributed by atoms with Gasteiger partial charge in [0.25, 0.3) is 5.56 Å². The Bertz CT molecular complexity index is 1420. The van der Waals surface area contributed by atoms with E-state index in [-0.39, 0.29) is 39.6 Å². The topological polar surface area (TPSA) is 114 Å². The van der Waals surface area contributed by atoms with E-state index in [4.69, 9.17) is 32.7 Å². The minimum Gasteiger partial charge on any atom is -0.497 e. The first-order chi connectivity index (χ1) is 17.4. The zero-order valence-electron chi connectivity index (χ0n) is 19.4. The smallest absolute Gasteiger partial charge is 0.263 e. The SMILES string of the molecule is COc1ccc(CNc2ncncc2[C@@H](C)NCCOc2c(Cl)cc(F)c3nc(Cl)[nH]c(=O)c23)cc1. The molecule has 0 fully saturated rings. The lowest BCUT2D eigenvalue weighted by Gasteiger charge is -2.18. The Morgan fingerprint density at radius 2 is 2.00 bits per heavy atom. The number of ether oxygens (including phenoxy) is 2. The summed E-state index contributed by atoms with van der Waals surface area (Å²) in [6.45, 7) is 3.08. The Labute approximate surface area is 216 Å². The van der Waals surface area contributed by atoms with E-state index in [1.165, 1.54) is 6.33 Å². The minimum atomic E-state index is -0.763. The average molecular weight is 533 g/mol. The van der Waals surface area contributed by atoms with Crippen LogP contribution in [0.4, 0.5) is 10.2 Å². The number of hydrogen-bond donors (Lipinski definition) is 3. The van der Waals surface area contributed by atoms with Crippen LogP contribution in [0.3, 0.4) is 0 Å². The van der Waals surface area contributed by atoms with Crippen molar-refractivity contribution < 1.29 is 13.9 Å². The fourth-order valence-electron chi connectivity index (χ4n) is 3.61. The molecule has 36 heavy (non-hydrogen) atoms. The third-order valence-corrected chi connectivity index (χ3v) is 5.90. The van der Waals surface area contributed by atoms with E-state index in [1.54, 1.807) is 13.3 Å². The number of fused-ring (bicyclic) bond motifs is 1. The van der Waals surface area contributed by atoms with E-state index in [0.29, 0.717) is 18.9 Å². The van der Waals surface area contributed by atoms with Crippen LogP contribution in [0.5, 0.6) is 11.5 Å². The van der Waals surface area contributed by atoms with E-state index < -0.39 is 11.4 Å². The maximum Gasteiger partial charge on any atom is 0.263 e. The van der Waals surface area contributed by atoms with Gasteiger partial charge in [0.1, 0.15) is 35.4 Å². The highest BCUT2D eigenvalue weighted by atomic mass is 35.5. The molecule has 2 heterocycles. The third kappa shape index (κ3) is 5.84. The van der Waals surface area contributed by atoms with Crippen LogP contribution in [0.2, 0.25) is 10.3 Å². The molecule has 4 rings (SSSR count). The lowest BCUT2D eigenvalue weighted by molar-refractivity contribution is 0.310. The molecule has 0 saturated heterocycles. The summed E-state index contributed by atoms with van der Waals surface area (Å²) in [6, 6.07) is 8.67. The van der Waals surface area contributed by atoms with Gasteiger partial charge in [-0.15, -0.1) is 0 Å². The second-order valence-electron chi connectivity index (χ2n) is 7.80. The van der Waals surface area contributed by atoms with Crippen molar-refractivity contribution in [2.75, 3.05) is 25.6 Å². The quantitative estimate of drug-likeness (QED) is 0.202. The van der Waals surface area contributed by atoms with Crippen LogP contribution >= 0.6 is 23.2 Å². The summed E-state index contributed by atoms with van der Waals surface area (Å²) in [4.78, 5) is 27.0. The summed E-state index contributed by atoms with van der Waals surface area (Å²) in [5.74, 6) is 0.767. The molecule has 2 aromatic heterocycles. The van der Waals surface area contributed by atoms with Crippen molar-refractivity contribution in [3.8, 4) is 11.5 Å². The molecule has 0 bridgehead atoms. The molecular formula is C24H23Cl2FN6O3. The number of rotatable bonds is 10. The van der Waals surface area contributed by atoms with Crippen LogP contribution in [0, 0.1) is 5.82 Å². The first-order valence-corrected chi connectivity index (χ1v) is 11.7. The summed E-state index contributed by atoms with van der Waals surface area (Å²) >= 11 is 11.9. The summed E-state index contributed by atoms with van der Waals surface area (Å²) in [5.41, 5.74) is 1.09. The normalized spacial score (nSPS) is 11.9. The predicted octanol–water partition coefficient (Wildman–Crippen LogP) is 4.51. The van der Waals surface area contributed by atoms with Crippen molar-refractivity contribution in [1.82, 2.24) is 25.3 Å². The van der Waals surface area contributed by atoms with Gasteiger partial charge in [0.2, 0.25) is 5.28 Å². The number of halogens is 3. The van der Waals surface area contributed by atoms with Crippen LogP contribution in [0.1, 0.15) is 24.1 Å². The maximum atomic E-state index is 14.3. The number of benzene rings is 2. The Kier molecular flexibility index (Phi) is 8.19. The predicted molar refractivity (Wildman–Crippen MR) is 137 cm³/mol. The number of aromatic amines is 1. The molecule has 0 unspecified atom stereocenters. The highest BCUT2D eigenvalue weighted by Crippen LogP contribution is 2.33. The molecule has 4 aromatic rings. The average Bonchev–Trinajstić information content (AvgIpc) is 2.87. The Morgan fingerprint density at radius 1 is 1.22 bits per heavy atom. The van der Waals surface area contributed by atoms with Gasteiger partial charge in [-0.3, -0.25) is 9.78 Å². The van der Waals surface area contributed by atoms with Crippen molar-refractivity contribution in [2.24, 2.45) is 0 Å². The summed E-state index contributed by atoms with van der Waals surface area (Å²) < 4.78 is 25.2. The molecule has 3 N–H and O–H groups in total. The van der Waals surface area contributed by atoms with E-state index in [0.717, 1.165) is 22.9 Å². The Morgan fingerprint density at radius 3 is 2.75 bits per heavy atom. The molecule has 12 heteroatoms. The number of aromatic nitrogens is 4. The summed E-state index contributed by atoms with van der Waals surface area (Å²) in [7, 11) is 1.63. The van der Waals surface area contributed by atoms with E-state index in [9.17, 15) is 9.18 Å². The van der Waals surface area contributed by atoms with Gasteiger partial charge >= 0.3 is 0 Å². The molecule has 0 radical (unpaired) electrons. The fraction of sp³-hybridized carbons (Fsp3) is 0.250. The van der Waals surface area contributed by atoms with E-state index in [2.05, 4.69) is 30.6 Å². The number of H-pyrrole nitrogens is 1. The molecule has 188 valence electrons. The number of nitrogens with zero attached hydrogens (tertiary/aromatic N) is 3. The van der Waals surface area contributed by atoms with Gasteiger partial charge in [0.15, 0.2) is 11.6 Å². The number of anilines is 1. The van der Waals surface area contributed by atoms with E-state index >= 15 is 0 Å². The monoisotopic (exact) mass is 532 g/mol. The molecule has 0 spiro atoms. The molecule has 0 aliphatic carbocycles. The molecule has 1 atom stereocenters. The molecule has 0 amide bonds. The molecule has 0 aliphatic rings. The van der Waals surface area contributed by atoms with Gasteiger partial charge < -0.3 is 20.1 Å². The first-order valence-electron chi connectivity index (χ1n) is 11.0. The minimum absolute atomic E-state index is 0.0378. The Balaban J connectivity index is 1.39. The highest BCUT2D eigenvalue weighted by molar-refractivity contribution is 6.33. The van der Waals surface area contributed by atoms with Gasteiger partial charge in [0.05, 0.1) is 12.1 Å². The van der Waals surface area contributed by atoms with Crippen molar-refractivity contribution >= 4 is 39.9 Å². The van der Waals surface area contributed by atoms with Crippen LogP contribution in [-0.2, 0) is 6.54 Å². The second kappa shape index (κ2) is 11.5. The number of hydrogen-bond acceptors (Lipinski definition) is 8. The van der Waals surface area contributed by atoms with Crippen LogP contribution in [0.15, 0.2) is 47.7 Å². The lowest BCUT2D eigenvalue weighted by Crippen LogP contribution is -2.25. The van der Waals surface area contributed by atoms with Gasteiger partial charge in [-0.25, -0.2) is 19.3 Å². The van der Waals surface area contributed by atoms with E-state index in [1.807, 2.05) is 31.2 Å². The van der Waals surface area contributed by atoms with Gasteiger partial charge in [-0.05, 0) is 42.3 Å². The van der Waals surface area contributed by atoms with Gasteiger partial charge in [-0.2, -0.15) is 0 Å². The standard InChI is InChI=1S/C24H23Cl2FN6O3/c1-13(16-11-28-12-31-22(16)30-10-14-3-5-15(35-2)6-4-14)29-7-8-36-21-17(25)9-18(27)20-19(21)23(34)33-24(26)32-20/h3-6,9,11-13,29H,7-8,10H2,1-2H3,(H,28,30,31)(H,32,33,34)/t13-/m1/s1. The number of nitrogens with one attached hydrogen (secondary N) is 3. The second-order valence-corrected chi connectivity index (χ2v) is 8.57. The van der Waals surface area contributed by atoms with Crippen molar-refractivity contribution in [3.63, 3.8) is 0 Å². The van der Waals surface area contributed by atoms with Crippen molar-refractivity contribution in [1.29, 1.82) is 0 Å². The zero-order valence-corrected chi connectivity index (χ0v) is 21.0. The van der Waals surface area contributed by atoms with Crippen LogP contribution in [-0.4, -0.2) is 40.2 Å². The molecular weight excluding hydrogens is 510 g/mol. The number of methoxy groups -OCH3 is 1. The molecule has 0 saturated carbocycles. The van der Waals surface area contributed by atoms with Crippen LogP contribution < -0.4 is 25.7 Å². The fourth-order valence-corrected chi connectivity index (χ4v) is 4.02. The molecule has 0 aliphatic heterocycles.